The van der Waals surface area contributed by atoms with Crippen molar-refractivity contribution in [1.29, 1.82) is 0 Å². The van der Waals surface area contributed by atoms with Crippen LogP contribution in [-0.2, 0) is 6.42 Å². The van der Waals surface area contributed by atoms with Crippen molar-refractivity contribution in [3.8, 4) is 0 Å². The second-order valence-corrected chi connectivity index (χ2v) is 3.95. The maximum Gasteiger partial charge on any atom is 0.202 e. The topological polar surface area (TPSA) is 37.8 Å². The molecule has 4 heteroatoms. The van der Waals surface area contributed by atoms with E-state index in [4.69, 9.17) is 0 Å². The number of aryl methyl sites for hydroxylation is 1. The summed E-state index contributed by atoms with van der Waals surface area (Å²) in [6, 6.07) is 0. The lowest BCUT2D eigenvalue weighted by molar-refractivity contribution is 0.577. The zero-order chi connectivity index (χ0) is 8.97. The molecule has 0 unspecified atom stereocenters. The van der Waals surface area contributed by atoms with Gasteiger partial charge in [0.05, 0.1) is 0 Å². The lowest BCUT2D eigenvalue weighted by Crippen LogP contribution is -1.94. The highest BCUT2D eigenvalue weighted by Crippen LogP contribution is 2.12. The monoisotopic (exact) mass is 185 g/mol. The van der Waals surface area contributed by atoms with Crippen molar-refractivity contribution in [3.63, 3.8) is 0 Å². The van der Waals surface area contributed by atoms with Gasteiger partial charge in [-0.2, -0.15) is 4.37 Å². The van der Waals surface area contributed by atoms with E-state index in [0.29, 0.717) is 0 Å². The van der Waals surface area contributed by atoms with E-state index in [-0.39, 0.29) is 0 Å². The van der Waals surface area contributed by atoms with Crippen LogP contribution in [0.1, 0.15) is 26.1 Å². The summed E-state index contributed by atoms with van der Waals surface area (Å²) < 4.78 is 4.23. The molecule has 0 atom stereocenters. The molecule has 0 aliphatic carbocycles. The Morgan fingerprint density at radius 2 is 2.25 bits per heavy atom. The van der Waals surface area contributed by atoms with Crippen molar-refractivity contribution in [2.24, 2.45) is 5.92 Å². The average Bonchev–Trinajstić information content (AvgIpc) is 2.48. The molecule has 0 radical (unpaired) electrons. The fraction of sp³-hybridized carbons (Fsp3) is 0.750. The van der Waals surface area contributed by atoms with E-state index in [0.717, 1.165) is 23.3 Å². The number of aromatic nitrogens is 2. The van der Waals surface area contributed by atoms with Crippen molar-refractivity contribution >= 4 is 16.7 Å². The molecule has 0 aliphatic rings. The SMILES string of the molecule is CNc1nc(CCC(C)C)ns1. The second kappa shape index (κ2) is 4.40. The molecule has 1 N–H and O–H groups in total. The number of hydrogen-bond donors (Lipinski definition) is 1. The van der Waals surface area contributed by atoms with Gasteiger partial charge in [0.15, 0.2) is 0 Å². The number of nitrogens with zero attached hydrogens (tertiary/aromatic N) is 2. The Morgan fingerprint density at radius 3 is 2.75 bits per heavy atom. The van der Waals surface area contributed by atoms with E-state index in [1.807, 2.05) is 7.05 Å². The summed E-state index contributed by atoms with van der Waals surface area (Å²) in [6.45, 7) is 4.43. The molecule has 1 heterocycles. The van der Waals surface area contributed by atoms with Gasteiger partial charge < -0.3 is 5.32 Å². The Balaban J connectivity index is 2.41. The van der Waals surface area contributed by atoms with Crippen LogP contribution in [0.15, 0.2) is 0 Å². The van der Waals surface area contributed by atoms with E-state index in [9.17, 15) is 0 Å². The van der Waals surface area contributed by atoms with E-state index in [2.05, 4.69) is 28.5 Å². The lowest BCUT2D eigenvalue weighted by atomic mass is 10.1. The minimum Gasteiger partial charge on any atom is -0.363 e. The van der Waals surface area contributed by atoms with E-state index in [1.165, 1.54) is 18.0 Å². The first-order valence-corrected chi connectivity index (χ1v) is 5.00. The van der Waals surface area contributed by atoms with Crippen LogP contribution in [0, 0.1) is 5.92 Å². The summed E-state index contributed by atoms with van der Waals surface area (Å²) in [5.74, 6) is 1.70. The second-order valence-electron chi connectivity index (χ2n) is 3.20. The molecule has 0 spiro atoms. The predicted molar refractivity (Wildman–Crippen MR) is 52.6 cm³/mol. The first kappa shape index (κ1) is 9.45. The molecule has 0 amide bonds. The Hall–Kier alpha value is -0.640. The zero-order valence-electron chi connectivity index (χ0n) is 7.79. The summed E-state index contributed by atoms with van der Waals surface area (Å²) in [6.07, 6.45) is 2.16. The zero-order valence-corrected chi connectivity index (χ0v) is 8.61. The lowest BCUT2D eigenvalue weighted by Gasteiger charge is -1.99. The fourth-order valence-electron chi connectivity index (χ4n) is 0.875. The third kappa shape index (κ3) is 2.77. The molecule has 0 fully saturated rings. The Labute approximate surface area is 77.4 Å². The summed E-state index contributed by atoms with van der Waals surface area (Å²) in [5.41, 5.74) is 0. The van der Waals surface area contributed by atoms with Crippen LogP contribution in [0.3, 0.4) is 0 Å². The van der Waals surface area contributed by atoms with Crippen molar-refractivity contribution in [3.05, 3.63) is 5.82 Å². The first-order chi connectivity index (χ1) is 5.72. The molecule has 0 aromatic carbocycles. The Kier molecular flexibility index (Phi) is 3.47. The maximum absolute atomic E-state index is 4.30. The molecule has 0 bridgehead atoms. The van der Waals surface area contributed by atoms with E-state index >= 15 is 0 Å². The highest BCUT2D eigenvalue weighted by atomic mass is 32.1. The minimum atomic E-state index is 0.728. The highest BCUT2D eigenvalue weighted by Gasteiger charge is 2.02. The number of hydrogen-bond acceptors (Lipinski definition) is 4. The number of rotatable bonds is 4. The van der Waals surface area contributed by atoms with Crippen LogP contribution in [0.5, 0.6) is 0 Å². The van der Waals surface area contributed by atoms with Gasteiger partial charge in [0.2, 0.25) is 5.13 Å². The fourth-order valence-corrected chi connectivity index (χ4v) is 1.44. The summed E-state index contributed by atoms with van der Waals surface area (Å²) in [7, 11) is 1.87. The molecule has 68 valence electrons. The van der Waals surface area contributed by atoms with Gasteiger partial charge in [0, 0.05) is 25.0 Å². The molecule has 0 aliphatic heterocycles. The molecule has 1 aromatic heterocycles. The van der Waals surface area contributed by atoms with E-state index in [1.54, 1.807) is 0 Å². The minimum absolute atomic E-state index is 0.728. The van der Waals surface area contributed by atoms with Crippen molar-refractivity contribution in [2.75, 3.05) is 12.4 Å². The van der Waals surface area contributed by atoms with Crippen LogP contribution < -0.4 is 5.32 Å². The molecular weight excluding hydrogens is 170 g/mol. The van der Waals surface area contributed by atoms with Gasteiger partial charge in [-0.25, -0.2) is 4.98 Å². The van der Waals surface area contributed by atoms with Gasteiger partial charge in [-0.1, -0.05) is 13.8 Å². The predicted octanol–water partition coefficient (Wildman–Crippen LogP) is 2.17. The largest absolute Gasteiger partial charge is 0.363 e. The highest BCUT2D eigenvalue weighted by molar-refractivity contribution is 7.09. The van der Waals surface area contributed by atoms with Crippen LogP contribution in [0.4, 0.5) is 5.13 Å². The van der Waals surface area contributed by atoms with Crippen LogP contribution in [0.2, 0.25) is 0 Å². The van der Waals surface area contributed by atoms with E-state index < -0.39 is 0 Å². The quantitative estimate of drug-likeness (QED) is 0.781. The number of nitrogens with one attached hydrogen (secondary N) is 1. The third-order valence-electron chi connectivity index (χ3n) is 1.63. The van der Waals surface area contributed by atoms with Crippen LogP contribution in [-0.4, -0.2) is 16.4 Å². The van der Waals surface area contributed by atoms with Gasteiger partial charge in [0.1, 0.15) is 5.82 Å². The Bertz CT molecular complexity index is 232. The van der Waals surface area contributed by atoms with Gasteiger partial charge in [-0.3, -0.25) is 0 Å². The first-order valence-electron chi connectivity index (χ1n) is 4.22. The molecule has 1 rings (SSSR count). The van der Waals surface area contributed by atoms with Crippen LogP contribution >= 0.6 is 11.5 Å². The van der Waals surface area contributed by atoms with Gasteiger partial charge in [-0.05, 0) is 12.3 Å². The van der Waals surface area contributed by atoms with Gasteiger partial charge in [-0.15, -0.1) is 0 Å². The number of anilines is 1. The summed E-state index contributed by atoms with van der Waals surface area (Å²) in [5, 5.41) is 3.89. The maximum atomic E-state index is 4.30. The third-order valence-corrected chi connectivity index (χ3v) is 2.40. The van der Waals surface area contributed by atoms with Crippen LogP contribution in [0.25, 0.3) is 0 Å². The molecule has 3 nitrogen and oxygen atoms in total. The molecular formula is C8H15N3S. The molecule has 0 saturated heterocycles. The van der Waals surface area contributed by atoms with Crippen molar-refractivity contribution in [2.45, 2.75) is 26.7 Å². The molecule has 0 saturated carbocycles. The van der Waals surface area contributed by atoms with Crippen molar-refractivity contribution in [1.82, 2.24) is 9.36 Å². The van der Waals surface area contributed by atoms with Gasteiger partial charge >= 0.3 is 0 Å². The summed E-state index contributed by atoms with van der Waals surface area (Å²) in [4.78, 5) is 4.30. The van der Waals surface area contributed by atoms with Gasteiger partial charge in [0.25, 0.3) is 0 Å². The Morgan fingerprint density at radius 1 is 1.50 bits per heavy atom. The average molecular weight is 185 g/mol. The molecule has 12 heavy (non-hydrogen) atoms. The molecule has 1 aromatic rings. The van der Waals surface area contributed by atoms with Crippen molar-refractivity contribution < 1.29 is 0 Å². The standard InChI is InChI=1S/C8H15N3S/c1-6(2)4-5-7-10-8(9-3)12-11-7/h6H,4-5H2,1-3H3,(H,9,10,11). The normalized spacial score (nSPS) is 10.7. The summed E-state index contributed by atoms with van der Waals surface area (Å²) >= 11 is 1.43. The smallest absolute Gasteiger partial charge is 0.202 e.